The first kappa shape index (κ1) is 11.2. The summed E-state index contributed by atoms with van der Waals surface area (Å²) in [5.41, 5.74) is 1.33. The van der Waals surface area contributed by atoms with E-state index >= 15 is 0 Å². The van der Waals surface area contributed by atoms with Crippen molar-refractivity contribution in [2.75, 3.05) is 0 Å². The summed E-state index contributed by atoms with van der Waals surface area (Å²) >= 11 is 0. The van der Waals surface area contributed by atoms with Gasteiger partial charge in [0.05, 0.1) is 9.68 Å². The molecule has 68 valence electrons. The molecule has 0 saturated carbocycles. The molecule has 0 radical (unpaired) electrons. The Balaban J connectivity index is 3.52. The number of nitrogens with one attached hydrogen (secondary N) is 1. The highest BCUT2D eigenvalue weighted by Crippen LogP contribution is 2.10. The van der Waals surface area contributed by atoms with Crippen LogP contribution >= 0.6 is 0 Å². The Kier molecular flexibility index (Phi) is 5.02. The fraction of sp³-hybridized carbons (Fsp3) is 1.00. The maximum Gasteiger partial charge on any atom is 0.0950 e. The molecule has 0 aliphatic carbocycles. The fourth-order valence-electron chi connectivity index (χ4n) is 0.720. The molecule has 0 amide bonds. The zero-order valence-electron chi connectivity index (χ0n) is 8.70. The van der Waals surface area contributed by atoms with Crippen LogP contribution in [0.15, 0.2) is 0 Å². The third kappa shape index (κ3) is 5.45. The highest BCUT2D eigenvalue weighted by molar-refractivity contribution is 6.34. The van der Waals surface area contributed by atoms with Crippen molar-refractivity contribution in [3.63, 3.8) is 0 Å². The van der Waals surface area contributed by atoms with Crippen molar-refractivity contribution in [1.29, 1.82) is 0 Å². The molecule has 1 nitrogen and oxygen atoms in total. The molecule has 0 rings (SSSR count). The second kappa shape index (κ2) is 4.94. The smallest absolute Gasteiger partial charge is 0.0950 e. The van der Waals surface area contributed by atoms with E-state index in [1.54, 1.807) is 0 Å². The van der Waals surface area contributed by atoms with E-state index in [4.69, 9.17) is 0 Å². The molecule has 0 aliphatic heterocycles. The summed E-state index contributed by atoms with van der Waals surface area (Å²) in [5.74, 6) is 0. The lowest BCUT2D eigenvalue weighted by Crippen LogP contribution is -2.42. The van der Waals surface area contributed by atoms with E-state index in [9.17, 15) is 0 Å². The van der Waals surface area contributed by atoms with Gasteiger partial charge in [-0.25, -0.2) is 0 Å². The van der Waals surface area contributed by atoms with Crippen LogP contribution in [-0.4, -0.2) is 15.2 Å². The Morgan fingerprint density at radius 3 is 2.27 bits per heavy atom. The van der Waals surface area contributed by atoms with Gasteiger partial charge in [-0.3, -0.25) is 0 Å². The number of rotatable bonds is 5. The molecule has 1 atom stereocenters. The minimum Gasteiger partial charge on any atom is -0.337 e. The highest BCUT2D eigenvalue weighted by Gasteiger charge is 2.14. The molecular formula is C9H23NSi. The molecule has 0 spiro atoms. The van der Waals surface area contributed by atoms with E-state index in [0.29, 0.717) is 5.54 Å². The first-order chi connectivity index (χ1) is 5.02. The van der Waals surface area contributed by atoms with Crippen molar-refractivity contribution in [1.82, 2.24) is 4.98 Å². The van der Waals surface area contributed by atoms with Gasteiger partial charge in [0.2, 0.25) is 0 Å². The van der Waals surface area contributed by atoms with Gasteiger partial charge in [0.25, 0.3) is 0 Å². The molecule has 0 bridgehead atoms. The summed E-state index contributed by atoms with van der Waals surface area (Å²) in [5, 5.41) is 0. The van der Waals surface area contributed by atoms with Gasteiger partial charge in [-0.05, 0) is 25.8 Å². The molecule has 1 N–H and O–H groups in total. The molecular weight excluding hydrogens is 150 g/mol. The third-order valence-electron chi connectivity index (χ3n) is 2.51. The molecule has 0 fully saturated rings. The van der Waals surface area contributed by atoms with Crippen molar-refractivity contribution in [3.05, 3.63) is 0 Å². The zero-order chi connectivity index (χ0) is 8.91. The van der Waals surface area contributed by atoms with E-state index in [-0.39, 0.29) is 9.68 Å². The summed E-state index contributed by atoms with van der Waals surface area (Å²) < 4.78 is 0. The summed E-state index contributed by atoms with van der Waals surface area (Å²) in [6.07, 6.45) is 2.56. The first-order valence-corrected chi connectivity index (χ1v) is 6.29. The van der Waals surface area contributed by atoms with Crippen LogP contribution in [0.1, 0.15) is 47.5 Å². The summed E-state index contributed by atoms with van der Waals surface area (Å²) in [7, 11) is -0.0295. The Morgan fingerprint density at radius 2 is 1.91 bits per heavy atom. The van der Waals surface area contributed by atoms with Gasteiger partial charge in [-0.2, -0.15) is 0 Å². The molecule has 2 heteroatoms. The topological polar surface area (TPSA) is 12.0 Å². The van der Waals surface area contributed by atoms with Gasteiger partial charge >= 0.3 is 0 Å². The van der Waals surface area contributed by atoms with Crippen LogP contribution in [-0.2, 0) is 0 Å². The van der Waals surface area contributed by atoms with Gasteiger partial charge in [-0.15, -0.1) is 0 Å². The van der Waals surface area contributed by atoms with Crippen LogP contribution in [0.5, 0.6) is 0 Å². The van der Waals surface area contributed by atoms with Gasteiger partial charge in [-0.1, -0.05) is 27.2 Å². The zero-order valence-corrected chi connectivity index (χ0v) is 10.1. The van der Waals surface area contributed by atoms with Crippen molar-refractivity contribution in [2.45, 2.75) is 58.5 Å². The van der Waals surface area contributed by atoms with Gasteiger partial charge < -0.3 is 4.98 Å². The molecule has 0 heterocycles. The number of hydrogen-bond acceptors (Lipinski definition) is 1. The van der Waals surface area contributed by atoms with Crippen LogP contribution in [0.25, 0.3) is 0 Å². The normalized spacial score (nSPS) is 16.1. The molecule has 0 saturated heterocycles. The van der Waals surface area contributed by atoms with E-state index in [1.807, 2.05) is 0 Å². The minimum atomic E-state index is -0.0295. The maximum atomic E-state index is 3.70. The lowest BCUT2D eigenvalue weighted by Gasteiger charge is -2.26. The minimum absolute atomic E-state index is 0.0295. The second-order valence-corrected chi connectivity index (χ2v) is 6.29. The molecule has 1 unspecified atom stereocenters. The van der Waals surface area contributed by atoms with E-state index in [2.05, 4.69) is 39.6 Å². The van der Waals surface area contributed by atoms with Crippen molar-refractivity contribution >= 4 is 9.68 Å². The lowest BCUT2D eigenvalue weighted by atomic mass is 10.0. The molecule has 0 aromatic heterocycles. The molecule has 0 aromatic rings. The van der Waals surface area contributed by atoms with Crippen LogP contribution < -0.4 is 4.98 Å². The third-order valence-corrected chi connectivity index (χ3v) is 4.95. The van der Waals surface area contributed by atoms with Crippen LogP contribution in [0, 0.1) is 0 Å². The molecule has 11 heavy (non-hydrogen) atoms. The van der Waals surface area contributed by atoms with Crippen LogP contribution in [0.2, 0.25) is 5.54 Å². The summed E-state index contributed by atoms with van der Waals surface area (Å²) in [4.78, 5) is 3.70. The van der Waals surface area contributed by atoms with Crippen molar-refractivity contribution in [3.8, 4) is 0 Å². The second-order valence-electron chi connectivity index (χ2n) is 4.13. The average molecular weight is 173 g/mol. The molecule has 0 aromatic carbocycles. The van der Waals surface area contributed by atoms with E-state index in [0.717, 1.165) is 5.54 Å². The largest absolute Gasteiger partial charge is 0.337 e. The maximum absolute atomic E-state index is 3.70. The highest BCUT2D eigenvalue weighted by atomic mass is 28.2. The van der Waals surface area contributed by atoms with Crippen molar-refractivity contribution in [2.24, 2.45) is 0 Å². The predicted molar refractivity (Wildman–Crippen MR) is 55.8 cm³/mol. The summed E-state index contributed by atoms with van der Waals surface area (Å²) in [6, 6.07) is 0. The quantitative estimate of drug-likeness (QED) is 0.628. The summed E-state index contributed by atoms with van der Waals surface area (Å²) in [6.45, 7) is 11.5. The van der Waals surface area contributed by atoms with Crippen molar-refractivity contribution < 1.29 is 0 Å². The van der Waals surface area contributed by atoms with Crippen LogP contribution in [0.3, 0.4) is 0 Å². The van der Waals surface area contributed by atoms with Crippen LogP contribution in [0.4, 0.5) is 0 Å². The van der Waals surface area contributed by atoms with E-state index in [1.165, 1.54) is 12.8 Å². The first-order valence-electron chi connectivity index (χ1n) is 4.77. The molecule has 0 aliphatic rings. The predicted octanol–water partition coefficient (Wildman–Crippen LogP) is 2.07. The van der Waals surface area contributed by atoms with E-state index < -0.39 is 0 Å². The van der Waals surface area contributed by atoms with Gasteiger partial charge in [0.1, 0.15) is 0 Å². The Labute approximate surface area is 73.9 Å². The average Bonchev–Trinajstić information content (AvgIpc) is 2.00. The SMILES string of the molecule is CCC(C)[SiH2]NC(C)(C)CC. The standard InChI is InChI=1S/C9H23NSi/c1-6-8(3)11-10-9(4,5)7-2/h8,10H,6-7,11H2,1-5H3. The number of hydrogen-bond donors (Lipinski definition) is 1. The Bertz CT molecular complexity index is 102. The van der Waals surface area contributed by atoms with Gasteiger partial charge in [0, 0.05) is 5.54 Å². The van der Waals surface area contributed by atoms with Gasteiger partial charge in [0.15, 0.2) is 0 Å². The fourth-order valence-corrected chi connectivity index (χ4v) is 2.16. The Hall–Kier alpha value is 0.177. The monoisotopic (exact) mass is 173 g/mol. The lowest BCUT2D eigenvalue weighted by molar-refractivity contribution is 0.451. The Morgan fingerprint density at radius 1 is 1.36 bits per heavy atom.